The maximum Gasteiger partial charge on any atom is 0.269 e. The molecule has 0 atom stereocenters. The Morgan fingerprint density at radius 3 is 2.56 bits per heavy atom. The van der Waals surface area contributed by atoms with E-state index >= 15 is 0 Å². The van der Waals surface area contributed by atoms with Gasteiger partial charge in [0.15, 0.2) is 5.11 Å². The van der Waals surface area contributed by atoms with Crippen LogP contribution in [-0.4, -0.2) is 23.5 Å². The number of carbonyl (C=O) groups is 2. The van der Waals surface area contributed by atoms with Crippen molar-refractivity contribution in [2.75, 3.05) is 6.61 Å². The second kappa shape index (κ2) is 10.0. The second-order valence-corrected chi connectivity index (χ2v) is 6.93. The maximum absolute atomic E-state index is 12.4. The molecule has 0 saturated heterocycles. The van der Waals surface area contributed by atoms with Gasteiger partial charge in [-0.2, -0.15) is 0 Å². The zero-order valence-electron chi connectivity index (χ0n) is 15.0. The molecule has 0 saturated carbocycles. The molecule has 142 valence electrons. The lowest BCUT2D eigenvalue weighted by Crippen LogP contribution is -2.48. The number of hydrazine groups is 1. The highest BCUT2D eigenvalue weighted by molar-refractivity contribution is 9.10. The molecule has 0 aliphatic rings. The Kier molecular flexibility index (Phi) is 7.75. The van der Waals surface area contributed by atoms with Crippen LogP contribution < -0.4 is 20.9 Å². The highest BCUT2D eigenvalue weighted by Crippen LogP contribution is 2.18. The molecule has 2 aromatic carbocycles. The van der Waals surface area contributed by atoms with Crippen LogP contribution in [-0.2, 0) is 0 Å². The fourth-order valence-corrected chi connectivity index (χ4v) is 2.64. The van der Waals surface area contributed by atoms with Crippen LogP contribution in [0.1, 0.15) is 39.6 Å². The normalized spacial score (nSPS) is 10.0. The van der Waals surface area contributed by atoms with Gasteiger partial charge in [0.25, 0.3) is 11.8 Å². The number of ether oxygens (including phenoxy) is 1. The van der Waals surface area contributed by atoms with E-state index in [2.05, 4.69) is 32.1 Å². The van der Waals surface area contributed by atoms with E-state index in [0.717, 1.165) is 16.5 Å². The molecule has 2 amide bonds. The SMILES string of the molecule is CCCOc1ccccc1C(=O)NC(=S)NNC(=O)c1ccc(C)c(Br)c1. The topological polar surface area (TPSA) is 79.5 Å². The molecule has 0 aliphatic heterocycles. The number of amides is 2. The summed E-state index contributed by atoms with van der Waals surface area (Å²) in [5, 5.41) is 2.49. The molecule has 8 heteroatoms. The van der Waals surface area contributed by atoms with E-state index in [1.54, 1.807) is 36.4 Å². The van der Waals surface area contributed by atoms with Crippen LogP contribution in [0.2, 0.25) is 0 Å². The summed E-state index contributed by atoms with van der Waals surface area (Å²) in [6.07, 6.45) is 0.830. The van der Waals surface area contributed by atoms with Crippen molar-refractivity contribution in [3.05, 3.63) is 63.6 Å². The fraction of sp³-hybridized carbons (Fsp3) is 0.211. The third-order valence-corrected chi connectivity index (χ3v) is 4.60. The average molecular weight is 450 g/mol. The second-order valence-electron chi connectivity index (χ2n) is 5.67. The Morgan fingerprint density at radius 1 is 1.11 bits per heavy atom. The van der Waals surface area contributed by atoms with Gasteiger partial charge in [-0.1, -0.05) is 41.1 Å². The van der Waals surface area contributed by atoms with E-state index in [1.807, 2.05) is 19.9 Å². The molecule has 0 unspecified atom stereocenters. The van der Waals surface area contributed by atoms with Crippen LogP contribution in [0, 0.1) is 6.92 Å². The number of nitrogens with one attached hydrogen (secondary N) is 3. The standard InChI is InChI=1S/C19H20BrN3O3S/c1-3-10-26-16-7-5-4-6-14(16)18(25)21-19(27)23-22-17(24)13-9-8-12(2)15(20)11-13/h4-9,11H,3,10H2,1-2H3,(H,22,24)(H2,21,23,25,27). The minimum Gasteiger partial charge on any atom is -0.493 e. The maximum atomic E-state index is 12.4. The van der Waals surface area contributed by atoms with Crippen molar-refractivity contribution in [2.45, 2.75) is 20.3 Å². The van der Waals surface area contributed by atoms with Crippen LogP contribution in [0.25, 0.3) is 0 Å². The number of aryl methyl sites for hydroxylation is 1. The summed E-state index contributed by atoms with van der Waals surface area (Å²) in [7, 11) is 0. The van der Waals surface area contributed by atoms with Crippen LogP contribution >= 0.6 is 28.1 Å². The third-order valence-electron chi connectivity index (χ3n) is 3.54. The highest BCUT2D eigenvalue weighted by atomic mass is 79.9. The van der Waals surface area contributed by atoms with Crippen molar-refractivity contribution in [2.24, 2.45) is 0 Å². The van der Waals surface area contributed by atoms with Crippen LogP contribution in [0.3, 0.4) is 0 Å². The monoisotopic (exact) mass is 449 g/mol. The molecule has 0 aromatic heterocycles. The smallest absolute Gasteiger partial charge is 0.269 e. The lowest BCUT2D eigenvalue weighted by molar-refractivity contribution is 0.0933. The largest absolute Gasteiger partial charge is 0.493 e. The molecule has 3 N–H and O–H groups in total. The summed E-state index contributed by atoms with van der Waals surface area (Å²) in [6, 6.07) is 12.1. The minimum absolute atomic E-state index is 0.0233. The van der Waals surface area contributed by atoms with E-state index in [0.29, 0.717) is 23.5 Å². The van der Waals surface area contributed by atoms with E-state index in [1.165, 1.54) is 0 Å². The molecule has 2 rings (SSSR count). The number of thiocarbonyl (C=S) groups is 1. The van der Waals surface area contributed by atoms with Gasteiger partial charge in [-0.3, -0.25) is 25.8 Å². The first-order chi connectivity index (χ1) is 12.9. The van der Waals surface area contributed by atoms with Crippen LogP contribution in [0.15, 0.2) is 46.9 Å². The van der Waals surface area contributed by atoms with Crippen molar-refractivity contribution in [3.8, 4) is 5.75 Å². The first kappa shape index (κ1) is 20.9. The van der Waals surface area contributed by atoms with Crippen molar-refractivity contribution in [3.63, 3.8) is 0 Å². The first-order valence-corrected chi connectivity index (χ1v) is 9.52. The molecule has 0 heterocycles. The van der Waals surface area contributed by atoms with Crippen LogP contribution in [0.5, 0.6) is 5.75 Å². The molecule has 6 nitrogen and oxygen atoms in total. The van der Waals surface area contributed by atoms with Crippen molar-refractivity contribution in [1.29, 1.82) is 0 Å². The van der Waals surface area contributed by atoms with E-state index in [9.17, 15) is 9.59 Å². The highest BCUT2D eigenvalue weighted by Gasteiger charge is 2.14. The predicted octanol–water partition coefficient (Wildman–Crippen LogP) is 3.50. The summed E-state index contributed by atoms with van der Waals surface area (Å²) in [4.78, 5) is 24.6. The fourth-order valence-electron chi connectivity index (χ4n) is 2.11. The van der Waals surface area contributed by atoms with E-state index < -0.39 is 5.91 Å². The lowest BCUT2D eigenvalue weighted by atomic mass is 10.1. The summed E-state index contributed by atoms with van der Waals surface area (Å²) < 4.78 is 6.40. The lowest BCUT2D eigenvalue weighted by Gasteiger charge is -2.13. The molecule has 0 fully saturated rings. The molecule has 0 bridgehead atoms. The quantitative estimate of drug-likeness (QED) is 0.480. The molecular formula is C19H20BrN3O3S. The summed E-state index contributed by atoms with van der Waals surface area (Å²) in [5.74, 6) is -0.321. The Labute approximate surface area is 171 Å². The van der Waals surface area contributed by atoms with Gasteiger partial charge in [-0.05, 0) is 55.4 Å². The molecule has 0 spiro atoms. The number of benzene rings is 2. The number of halogens is 1. The molecule has 2 aromatic rings. The predicted molar refractivity (Wildman–Crippen MR) is 112 cm³/mol. The van der Waals surface area contributed by atoms with Gasteiger partial charge >= 0.3 is 0 Å². The molecule has 0 radical (unpaired) electrons. The van der Waals surface area contributed by atoms with Gasteiger partial charge in [0.05, 0.1) is 12.2 Å². The first-order valence-electron chi connectivity index (χ1n) is 8.32. The van der Waals surface area contributed by atoms with Gasteiger partial charge in [-0.15, -0.1) is 0 Å². The molecular weight excluding hydrogens is 430 g/mol. The number of para-hydroxylation sites is 1. The number of carbonyl (C=O) groups excluding carboxylic acids is 2. The van der Waals surface area contributed by atoms with Gasteiger partial charge in [0.2, 0.25) is 0 Å². The average Bonchev–Trinajstić information content (AvgIpc) is 2.66. The Hall–Kier alpha value is -2.45. The van der Waals surface area contributed by atoms with E-state index in [-0.39, 0.29) is 11.0 Å². The van der Waals surface area contributed by atoms with Crippen molar-refractivity contribution in [1.82, 2.24) is 16.2 Å². The Morgan fingerprint density at radius 2 is 1.85 bits per heavy atom. The molecule has 27 heavy (non-hydrogen) atoms. The van der Waals surface area contributed by atoms with Crippen molar-refractivity contribution >= 4 is 45.1 Å². The van der Waals surface area contributed by atoms with Crippen molar-refractivity contribution < 1.29 is 14.3 Å². The van der Waals surface area contributed by atoms with E-state index in [4.69, 9.17) is 17.0 Å². The minimum atomic E-state index is -0.425. The summed E-state index contributed by atoms with van der Waals surface area (Å²) in [6.45, 7) is 4.42. The summed E-state index contributed by atoms with van der Waals surface area (Å²) in [5.41, 5.74) is 6.81. The van der Waals surface area contributed by atoms with Crippen LogP contribution in [0.4, 0.5) is 0 Å². The van der Waals surface area contributed by atoms with Gasteiger partial charge in [0, 0.05) is 10.0 Å². The zero-order valence-corrected chi connectivity index (χ0v) is 17.4. The number of rotatable bonds is 5. The zero-order chi connectivity index (χ0) is 19.8. The van der Waals surface area contributed by atoms with Gasteiger partial charge < -0.3 is 4.74 Å². The number of hydrogen-bond acceptors (Lipinski definition) is 4. The van der Waals surface area contributed by atoms with Gasteiger partial charge in [0.1, 0.15) is 5.75 Å². The Bertz CT molecular complexity index is 858. The molecule has 0 aliphatic carbocycles. The number of hydrogen-bond donors (Lipinski definition) is 3. The Balaban J connectivity index is 1.92. The van der Waals surface area contributed by atoms with Gasteiger partial charge in [-0.25, -0.2) is 0 Å². The third kappa shape index (κ3) is 6.04. The summed E-state index contributed by atoms with van der Waals surface area (Å²) >= 11 is 8.45.